The monoisotopic (exact) mass is 308 g/mol. The zero-order chi connectivity index (χ0) is 16.4. The molecule has 0 bridgehead atoms. The molecule has 22 heavy (non-hydrogen) atoms. The Balaban J connectivity index is 2.21. The number of aromatic carboxylic acids is 1. The topological polar surface area (TPSA) is 77.8 Å². The number of carboxylic acid groups (broad SMARTS) is 1. The van der Waals surface area contributed by atoms with Gasteiger partial charge in [-0.1, -0.05) is 56.7 Å². The normalized spacial score (nSPS) is 13.8. The Kier molecular flexibility index (Phi) is 8.78. The molecule has 0 spiro atoms. The van der Waals surface area contributed by atoms with E-state index >= 15 is 0 Å². The summed E-state index contributed by atoms with van der Waals surface area (Å²) < 4.78 is 0. The Labute approximate surface area is 132 Å². The predicted molar refractivity (Wildman–Crippen MR) is 87.0 cm³/mol. The SMILES string of the molecule is CC(O)CCCCCCCCC(O)c1ccccc1C(=O)O. The maximum absolute atomic E-state index is 11.1. The molecule has 0 radical (unpaired) electrons. The molecule has 124 valence electrons. The number of benzene rings is 1. The highest BCUT2D eigenvalue weighted by atomic mass is 16.4. The second-order valence-electron chi connectivity index (χ2n) is 5.96. The molecule has 0 saturated carbocycles. The van der Waals surface area contributed by atoms with E-state index in [1.54, 1.807) is 18.2 Å². The maximum Gasteiger partial charge on any atom is 0.336 e. The van der Waals surface area contributed by atoms with E-state index in [2.05, 4.69) is 0 Å². The Morgan fingerprint density at radius 1 is 0.955 bits per heavy atom. The van der Waals surface area contributed by atoms with Crippen LogP contribution in [-0.4, -0.2) is 27.4 Å². The number of aliphatic hydroxyl groups excluding tert-OH is 2. The van der Waals surface area contributed by atoms with Gasteiger partial charge < -0.3 is 15.3 Å². The summed E-state index contributed by atoms with van der Waals surface area (Å²) in [7, 11) is 0. The zero-order valence-corrected chi connectivity index (χ0v) is 13.4. The van der Waals surface area contributed by atoms with E-state index in [0.29, 0.717) is 12.0 Å². The summed E-state index contributed by atoms with van der Waals surface area (Å²) in [5, 5.41) is 28.4. The Morgan fingerprint density at radius 2 is 1.50 bits per heavy atom. The Bertz CT molecular complexity index is 442. The standard InChI is InChI=1S/C18H28O4/c1-14(19)10-6-4-2-3-5-7-13-17(20)15-11-8-9-12-16(15)18(21)22/h8-9,11-12,14,17,19-20H,2-7,10,13H2,1H3,(H,21,22). The fraction of sp³-hybridized carbons (Fsp3) is 0.611. The number of carboxylic acids is 1. The number of aliphatic hydroxyl groups is 2. The summed E-state index contributed by atoms with van der Waals surface area (Å²) in [6.45, 7) is 1.82. The summed E-state index contributed by atoms with van der Waals surface area (Å²) in [5.41, 5.74) is 0.694. The van der Waals surface area contributed by atoms with Crippen molar-refractivity contribution in [1.29, 1.82) is 0 Å². The van der Waals surface area contributed by atoms with Gasteiger partial charge in [-0.15, -0.1) is 0 Å². The van der Waals surface area contributed by atoms with Gasteiger partial charge in [-0.2, -0.15) is 0 Å². The van der Waals surface area contributed by atoms with Crippen LogP contribution in [0, 0.1) is 0 Å². The van der Waals surface area contributed by atoms with E-state index in [-0.39, 0.29) is 11.7 Å². The van der Waals surface area contributed by atoms with Crippen LogP contribution in [0.3, 0.4) is 0 Å². The number of hydrogen-bond donors (Lipinski definition) is 3. The minimum atomic E-state index is -0.993. The summed E-state index contributed by atoms with van der Waals surface area (Å²) in [5.74, 6) is -0.993. The van der Waals surface area contributed by atoms with Crippen molar-refractivity contribution in [1.82, 2.24) is 0 Å². The van der Waals surface area contributed by atoms with Gasteiger partial charge in [-0.25, -0.2) is 4.79 Å². The summed E-state index contributed by atoms with van der Waals surface area (Å²) >= 11 is 0. The lowest BCUT2D eigenvalue weighted by atomic mass is 9.97. The summed E-state index contributed by atoms with van der Waals surface area (Å²) in [4.78, 5) is 11.1. The van der Waals surface area contributed by atoms with Gasteiger partial charge in [0.2, 0.25) is 0 Å². The first-order valence-corrected chi connectivity index (χ1v) is 8.20. The molecule has 0 heterocycles. The molecule has 2 unspecified atom stereocenters. The van der Waals surface area contributed by atoms with Crippen molar-refractivity contribution in [3.8, 4) is 0 Å². The third kappa shape index (κ3) is 7.05. The third-order valence-corrected chi connectivity index (χ3v) is 3.90. The molecule has 0 saturated heterocycles. The second kappa shape index (κ2) is 10.4. The number of hydrogen-bond acceptors (Lipinski definition) is 3. The van der Waals surface area contributed by atoms with E-state index in [4.69, 9.17) is 10.2 Å². The first-order valence-electron chi connectivity index (χ1n) is 8.20. The highest BCUT2D eigenvalue weighted by Crippen LogP contribution is 2.23. The van der Waals surface area contributed by atoms with Gasteiger partial charge in [0.05, 0.1) is 17.8 Å². The average Bonchev–Trinajstić information content (AvgIpc) is 2.49. The van der Waals surface area contributed by atoms with Crippen molar-refractivity contribution >= 4 is 5.97 Å². The first kappa shape index (κ1) is 18.7. The van der Waals surface area contributed by atoms with Crippen LogP contribution in [0.5, 0.6) is 0 Å². The molecule has 1 aromatic rings. The number of rotatable bonds is 11. The fourth-order valence-corrected chi connectivity index (χ4v) is 2.62. The third-order valence-electron chi connectivity index (χ3n) is 3.90. The van der Waals surface area contributed by atoms with Crippen LogP contribution in [0.25, 0.3) is 0 Å². The average molecular weight is 308 g/mol. The lowest BCUT2D eigenvalue weighted by molar-refractivity contribution is 0.0687. The quantitative estimate of drug-likeness (QED) is 0.541. The Hall–Kier alpha value is -1.39. The minimum Gasteiger partial charge on any atom is -0.478 e. The van der Waals surface area contributed by atoms with Gasteiger partial charge in [0.25, 0.3) is 0 Å². The van der Waals surface area contributed by atoms with Crippen LogP contribution in [0.15, 0.2) is 24.3 Å². The maximum atomic E-state index is 11.1. The highest BCUT2D eigenvalue weighted by Gasteiger charge is 2.15. The molecule has 4 heteroatoms. The van der Waals surface area contributed by atoms with E-state index in [1.807, 2.05) is 6.92 Å². The van der Waals surface area contributed by atoms with Crippen molar-refractivity contribution in [2.24, 2.45) is 0 Å². The van der Waals surface area contributed by atoms with Crippen molar-refractivity contribution < 1.29 is 20.1 Å². The first-order chi connectivity index (χ1) is 10.5. The largest absolute Gasteiger partial charge is 0.478 e. The molecule has 0 aliphatic rings. The fourth-order valence-electron chi connectivity index (χ4n) is 2.62. The lowest BCUT2D eigenvalue weighted by Crippen LogP contribution is -2.07. The predicted octanol–water partition coefficient (Wildman–Crippen LogP) is 3.92. The van der Waals surface area contributed by atoms with Crippen molar-refractivity contribution in [3.63, 3.8) is 0 Å². The van der Waals surface area contributed by atoms with E-state index in [9.17, 15) is 9.90 Å². The van der Waals surface area contributed by atoms with Crippen LogP contribution in [-0.2, 0) is 0 Å². The van der Waals surface area contributed by atoms with Crippen LogP contribution < -0.4 is 0 Å². The van der Waals surface area contributed by atoms with Crippen molar-refractivity contribution in [2.45, 2.75) is 70.5 Å². The zero-order valence-electron chi connectivity index (χ0n) is 13.4. The molecular weight excluding hydrogens is 280 g/mol. The second-order valence-corrected chi connectivity index (χ2v) is 5.96. The molecule has 3 N–H and O–H groups in total. The van der Waals surface area contributed by atoms with Gasteiger partial charge >= 0.3 is 5.97 Å². The van der Waals surface area contributed by atoms with Gasteiger partial charge in [0.15, 0.2) is 0 Å². The van der Waals surface area contributed by atoms with Crippen LogP contribution in [0.2, 0.25) is 0 Å². The summed E-state index contributed by atoms with van der Waals surface area (Å²) in [6, 6.07) is 6.65. The molecule has 0 aromatic heterocycles. The van der Waals surface area contributed by atoms with Crippen LogP contribution >= 0.6 is 0 Å². The molecule has 2 atom stereocenters. The molecule has 1 rings (SSSR count). The van der Waals surface area contributed by atoms with E-state index in [1.165, 1.54) is 6.07 Å². The van der Waals surface area contributed by atoms with Gasteiger partial charge in [0.1, 0.15) is 0 Å². The van der Waals surface area contributed by atoms with Gasteiger partial charge in [0, 0.05) is 0 Å². The van der Waals surface area contributed by atoms with E-state index < -0.39 is 12.1 Å². The van der Waals surface area contributed by atoms with Crippen molar-refractivity contribution in [3.05, 3.63) is 35.4 Å². The summed E-state index contributed by atoms with van der Waals surface area (Å²) in [6.07, 6.45) is 6.95. The molecule has 4 nitrogen and oxygen atoms in total. The van der Waals surface area contributed by atoms with Gasteiger partial charge in [-0.05, 0) is 31.4 Å². The highest BCUT2D eigenvalue weighted by molar-refractivity contribution is 5.89. The number of carbonyl (C=O) groups is 1. The van der Waals surface area contributed by atoms with Crippen LogP contribution in [0.1, 0.15) is 80.3 Å². The number of unbranched alkanes of at least 4 members (excludes halogenated alkanes) is 5. The molecule has 0 aliphatic heterocycles. The van der Waals surface area contributed by atoms with Gasteiger partial charge in [-0.3, -0.25) is 0 Å². The molecule has 0 aliphatic carbocycles. The smallest absolute Gasteiger partial charge is 0.336 e. The molecule has 0 fully saturated rings. The molecular formula is C18H28O4. The van der Waals surface area contributed by atoms with E-state index in [0.717, 1.165) is 44.9 Å². The minimum absolute atomic E-state index is 0.188. The van der Waals surface area contributed by atoms with Crippen LogP contribution in [0.4, 0.5) is 0 Å². The van der Waals surface area contributed by atoms with Crippen molar-refractivity contribution in [2.75, 3.05) is 0 Å². The lowest BCUT2D eigenvalue weighted by Gasteiger charge is -2.13. The molecule has 1 aromatic carbocycles. The Morgan fingerprint density at radius 3 is 2.09 bits per heavy atom. The molecule has 0 amide bonds.